The normalized spacial score (nSPS) is 23.4. The van der Waals surface area contributed by atoms with E-state index in [1.807, 2.05) is 0 Å². The molecule has 0 saturated carbocycles. The van der Waals surface area contributed by atoms with Crippen LogP contribution in [0, 0.1) is 5.92 Å². The molecular weight excluding hydrogens is 324 g/mol. The number of carbonyl (C=O) groups is 3. The van der Waals surface area contributed by atoms with E-state index in [1.165, 1.54) is 0 Å². The highest BCUT2D eigenvalue weighted by atomic mass is 16.5. The Morgan fingerprint density at radius 3 is 2.56 bits per heavy atom. The Balaban J connectivity index is 2.78. The minimum atomic E-state index is -0.606. The molecule has 0 aromatic rings. The molecule has 1 fully saturated rings. The summed E-state index contributed by atoms with van der Waals surface area (Å²) in [6.07, 6.45) is 7.78. The Kier molecular flexibility index (Phi) is 10.8. The highest BCUT2D eigenvalue weighted by molar-refractivity contribution is 5.88. The van der Waals surface area contributed by atoms with Crippen molar-refractivity contribution in [3.8, 4) is 0 Å². The van der Waals surface area contributed by atoms with E-state index in [0.717, 1.165) is 44.9 Å². The van der Waals surface area contributed by atoms with Crippen LogP contribution in [0.4, 0.5) is 0 Å². The Hall–Kier alpha value is -1.67. The average molecular weight is 356 g/mol. The zero-order valence-electron chi connectivity index (χ0n) is 14.9. The first-order valence-corrected chi connectivity index (χ1v) is 9.27. The SMILES string of the molecule is NCCCC[C@@H]1NC(=O)C(CN(O)C=O)CCCCCCCNC1=O. The summed E-state index contributed by atoms with van der Waals surface area (Å²) in [5, 5.41) is 15.6. The van der Waals surface area contributed by atoms with Gasteiger partial charge in [0.1, 0.15) is 6.04 Å². The largest absolute Gasteiger partial charge is 0.354 e. The summed E-state index contributed by atoms with van der Waals surface area (Å²) in [7, 11) is 0. The van der Waals surface area contributed by atoms with Crippen LogP contribution in [0.1, 0.15) is 57.8 Å². The van der Waals surface area contributed by atoms with Crippen LogP contribution >= 0.6 is 0 Å². The summed E-state index contributed by atoms with van der Waals surface area (Å²) in [6.45, 7) is 1.09. The summed E-state index contributed by atoms with van der Waals surface area (Å²) in [4.78, 5) is 35.6. The van der Waals surface area contributed by atoms with E-state index in [0.29, 0.717) is 37.4 Å². The maximum absolute atomic E-state index is 12.6. The van der Waals surface area contributed by atoms with Gasteiger partial charge >= 0.3 is 0 Å². The van der Waals surface area contributed by atoms with E-state index in [2.05, 4.69) is 10.6 Å². The molecule has 144 valence electrons. The Morgan fingerprint density at radius 1 is 1.12 bits per heavy atom. The van der Waals surface area contributed by atoms with Gasteiger partial charge in [-0.1, -0.05) is 25.7 Å². The lowest BCUT2D eigenvalue weighted by atomic mass is 9.98. The molecule has 0 aliphatic carbocycles. The van der Waals surface area contributed by atoms with Crippen LogP contribution in [-0.2, 0) is 14.4 Å². The third-order valence-electron chi connectivity index (χ3n) is 4.51. The van der Waals surface area contributed by atoms with Crippen molar-refractivity contribution in [3.63, 3.8) is 0 Å². The predicted molar refractivity (Wildman–Crippen MR) is 93.6 cm³/mol. The zero-order chi connectivity index (χ0) is 18.5. The number of hydrogen-bond donors (Lipinski definition) is 4. The third kappa shape index (κ3) is 8.83. The number of nitrogens with two attached hydrogens (primary N) is 1. The van der Waals surface area contributed by atoms with Gasteiger partial charge in [0.25, 0.3) is 0 Å². The highest BCUT2D eigenvalue weighted by Crippen LogP contribution is 2.15. The summed E-state index contributed by atoms with van der Waals surface area (Å²) in [5.74, 6) is -1.01. The maximum Gasteiger partial charge on any atom is 0.242 e. The molecule has 1 aliphatic heterocycles. The van der Waals surface area contributed by atoms with Crippen LogP contribution in [0.2, 0.25) is 0 Å². The molecule has 1 heterocycles. The molecule has 0 aromatic heterocycles. The molecule has 1 unspecified atom stereocenters. The molecule has 1 saturated heterocycles. The Bertz CT molecular complexity index is 419. The van der Waals surface area contributed by atoms with E-state index in [9.17, 15) is 19.6 Å². The summed E-state index contributed by atoms with van der Waals surface area (Å²) < 4.78 is 0. The van der Waals surface area contributed by atoms with E-state index < -0.39 is 12.0 Å². The maximum atomic E-state index is 12.6. The van der Waals surface area contributed by atoms with Gasteiger partial charge in [0.2, 0.25) is 18.2 Å². The minimum Gasteiger partial charge on any atom is -0.354 e. The second-order valence-corrected chi connectivity index (χ2v) is 6.62. The number of hydrogen-bond acceptors (Lipinski definition) is 5. The van der Waals surface area contributed by atoms with E-state index in [1.54, 1.807) is 0 Å². The van der Waals surface area contributed by atoms with Gasteiger partial charge in [-0.15, -0.1) is 0 Å². The second kappa shape index (κ2) is 12.7. The lowest BCUT2D eigenvalue weighted by Crippen LogP contribution is -2.50. The van der Waals surface area contributed by atoms with Gasteiger partial charge in [0.15, 0.2) is 0 Å². The first kappa shape index (κ1) is 21.4. The molecule has 1 rings (SSSR count). The molecule has 8 nitrogen and oxygen atoms in total. The van der Waals surface area contributed by atoms with Crippen LogP contribution in [0.3, 0.4) is 0 Å². The Labute approximate surface area is 149 Å². The van der Waals surface area contributed by atoms with Crippen LogP contribution < -0.4 is 16.4 Å². The molecule has 0 radical (unpaired) electrons. The smallest absolute Gasteiger partial charge is 0.242 e. The van der Waals surface area contributed by atoms with Gasteiger partial charge in [-0.2, -0.15) is 0 Å². The molecule has 1 aliphatic rings. The number of carbonyl (C=O) groups excluding carboxylic acids is 3. The molecule has 0 spiro atoms. The zero-order valence-corrected chi connectivity index (χ0v) is 14.9. The fourth-order valence-electron chi connectivity index (χ4n) is 3.01. The van der Waals surface area contributed by atoms with Crippen LogP contribution in [0.15, 0.2) is 0 Å². The highest BCUT2D eigenvalue weighted by Gasteiger charge is 2.26. The summed E-state index contributed by atoms with van der Waals surface area (Å²) in [6, 6.07) is -0.606. The third-order valence-corrected chi connectivity index (χ3v) is 4.51. The number of amides is 3. The number of rotatable bonds is 7. The van der Waals surface area contributed by atoms with Gasteiger partial charge in [0.05, 0.1) is 12.5 Å². The van der Waals surface area contributed by atoms with Gasteiger partial charge in [-0.25, -0.2) is 5.06 Å². The number of hydroxylamine groups is 2. The van der Waals surface area contributed by atoms with Crippen molar-refractivity contribution in [1.82, 2.24) is 15.7 Å². The lowest BCUT2D eigenvalue weighted by Gasteiger charge is -2.23. The van der Waals surface area contributed by atoms with E-state index in [-0.39, 0.29) is 18.4 Å². The molecular formula is C17H32N4O4. The van der Waals surface area contributed by atoms with E-state index >= 15 is 0 Å². The standard InChI is InChI=1S/C17H32N4O4/c18-10-6-5-9-15-17(24)19-11-7-3-1-2-4-8-14(16(23)20-15)12-21(25)13-22/h13-15,25H,1-12,18H2,(H,19,24)(H,20,23)/t14?,15-/m0/s1. The molecule has 0 bridgehead atoms. The number of nitrogens with one attached hydrogen (secondary N) is 2. The van der Waals surface area contributed by atoms with Crippen molar-refractivity contribution in [2.24, 2.45) is 11.7 Å². The second-order valence-electron chi connectivity index (χ2n) is 6.62. The number of nitrogens with zero attached hydrogens (tertiary/aromatic N) is 1. The number of unbranched alkanes of at least 4 members (excludes halogenated alkanes) is 1. The summed E-state index contributed by atoms with van der Waals surface area (Å²) >= 11 is 0. The fraction of sp³-hybridized carbons (Fsp3) is 0.824. The molecule has 2 atom stereocenters. The van der Waals surface area contributed by atoms with Crippen LogP contribution in [-0.4, -0.2) is 54.2 Å². The fourth-order valence-corrected chi connectivity index (χ4v) is 3.01. The Morgan fingerprint density at radius 2 is 1.84 bits per heavy atom. The van der Waals surface area contributed by atoms with Gasteiger partial charge in [-0.3, -0.25) is 19.6 Å². The molecule has 0 aromatic carbocycles. The first-order chi connectivity index (χ1) is 12.1. The minimum absolute atomic E-state index is 0.0630. The van der Waals surface area contributed by atoms with Crippen molar-refractivity contribution >= 4 is 18.2 Å². The predicted octanol–water partition coefficient (Wildman–Crippen LogP) is 0.534. The van der Waals surface area contributed by atoms with Crippen LogP contribution in [0.25, 0.3) is 0 Å². The van der Waals surface area contributed by atoms with Crippen molar-refractivity contribution in [2.75, 3.05) is 19.6 Å². The van der Waals surface area contributed by atoms with Crippen molar-refractivity contribution in [2.45, 2.75) is 63.8 Å². The molecule has 3 amide bonds. The molecule has 25 heavy (non-hydrogen) atoms. The van der Waals surface area contributed by atoms with E-state index in [4.69, 9.17) is 5.73 Å². The van der Waals surface area contributed by atoms with Gasteiger partial charge < -0.3 is 16.4 Å². The van der Waals surface area contributed by atoms with Crippen LogP contribution in [0.5, 0.6) is 0 Å². The van der Waals surface area contributed by atoms with Crippen molar-refractivity contribution < 1.29 is 19.6 Å². The van der Waals surface area contributed by atoms with Gasteiger partial charge in [0, 0.05) is 6.54 Å². The van der Waals surface area contributed by atoms with Crippen molar-refractivity contribution in [3.05, 3.63) is 0 Å². The molecule has 5 N–H and O–H groups in total. The quantitative estimate of drug-likeness (QED) is 0.229. The lowest BCUT2D eigenvalue weighted by molar-refractivity contribution is -0.155. The molecule has 8 heteroatoms. The topological polar surface area (TPSA) is 125 Å². The van der Waals surface area contributed by atoms with Gasteiger partial charge in [-0.05, 0) is 38.6 Å². The average Bonchev–Trinajstić information content (AvgIpc) is 2.61. The van der Waals surface area contributed by atoms with Crippen molar-refractivity contribution in [1.29, 1.82) is 0 Å². The monoisotopic (exact) mass is 356 g/mol. The summed E-state index contributed by atoms with van der Waals surface area (Å²) in [5.41, 5.74) is 5.50. The first-order valence-electron chi connectivity index (χ1n) is 9.27.